The smallest absolute Gasteiger partial charge is 0.106 e. The van der Waals surface area contributed by atoms with E-state index < -0.39 is 0 Å². The van der Waals surface area contributed by atoms with Gasteiger partial charge in [-0.3, -0.25) is 0 Å². The number of piperidine rings is 1. The Morgan fingerprint density at radius 3 is 2.65 bits per heavy atom. The van der Waals surface area contributed by atoms with Gasteiger partial charge in [0.1, 0.15) is 4.60 Å². The van der Waals surface area contributed by atoms with Crippen LogP contribution in [0.3, 0.4) is 0 Å². The summed E-state index contributed by atoms with van der Waals surface area (Å²) < 4.78 is 6.87. The predicted octanol–water partition coefficient (Wildman–Crippen LogP) is 2.88. The first-order chi connectivity index (χ1) is 7.77. The van der Waals surface area contributed by atoms with Crippen molar-refractivity contribution >= 4 is 28.3 Å². The second-order valence-electron chi connectivity index (χ2n) is 4.05. The third kappa shape index (κ3) is 3.41. The van der Waals surface area contributed by atoms with E-state index in [0.717, 1.165) is 37.1 Å². The normalized spacial score (nSPS) is 18.5. The minimum Gasteiger partial charge on any atom is -0.370 e. The van der Waals surface area contributed by atoms with E-state index in [1.165, 1.54) is 5.56 Å². The molecule has 1 N–H and O–H groups in total. The minimum absolute atomic E-state index is 0. The van der Waals surface area contributed by atoms with Crippen LogP contribution in [0.5, 0.6) is 0 Å². The average Bonchev–Trinajstić information content (AvgIpc) is 2.31. The first-order valence-electron chi connectivity index (χ1n) is 5.73. The molecule has 0 amide bonds. The fourth-order valence-electron chi connectivity index (χ4n) is 2.27. The molecular weight excluding hydrogens is 304 g/mol. The molecule has 1 saturated heterocycles. The van der Waals surface area contributed by atoms with Gasteiger partial charge >= 0.3 is 0 Å². The van der Waals surface area contributed by atoms with Crippen LogP contribution in [0.4, 0.5) is 0 Å². The van der Waals surface area contributed by atoms with Crippen molar-refractivity contribution in [2.45, 2.75) is 25.4 Å². The first kappa shape index (κ1) is 14.9. The molecule has 0 spiro atoms. The Bertz CT molecular complexity index is 333. The summed E-state index contributed by atoms with van der Waals surface area (Å²) in [6, 6.07) is 4.09. The molecule has 1 aromatic heterocycles. The molecule has 5 heteroatoms. The van der Waals surface area contributed by atoms with E-state index in [0.29, 0.717) is 0 Å². The van der Waals surface area contributed by atoms with Crippen LogP contribution >= 0.6 is 28.3 Å². The zero-order valence-electron chi connectivity index (χ0n) is 9.91. The van der Waals surface area contributed by atoms with Crippen molar-refractivity contribution in [2.75, 3.05) is 19.7 Å². The van der Waals surface area contributed by atoms with Crippen molar-refractivity contribution in [3.63, 3.8) is 0 Å². The summed E-state index contributed by atoms with van der Waals surface area (Å²) in [5, 5.41) is 3.37. The van der Waals surface area contributed by atoms with Crippen molar-refractivity contribution in [1.29, 1.82) is 0 Å². The van der Waals surface area contributed by atoms with Crippen LogP contribution in [0.15, 0.2) is 22.9 Å². The summed E-state index contributed by atoms with van der Waals surface area (Å²) in [7, 11) is 0. The Kier molecular flexibility index (Phi) is 5.86. The zero-order chi connectivity index (χ0) is 11.4. The van der Waals surface area contributed by atoms with Gasteiger partial charge in [0.15, 0.2) is 0 Å². The van der Waals surface area contributed by atoms with Crippen LogP contribution in [0.25, 0.3) is 0 Å². The molecule has 2 rings (SSSR count). The molecule has 1 aromatic rings. The average molecular weight is 322 g/mol. The lowest BCUT2D eigenvalue weighted by Crippen LogP contribution is -2.42. The minimum atomic E-state index is -0.131. The Hall–Kier alpha value is -0.160. The van der Waals surface area contributed by atoms with Gasteiger partial charge in [-0.2, -0.15) is 0 Å². The first-order valence-corrected chi connectivity index (χ1v) is 6.53. The highest BCUT2D eigenvalue weighted by atomic mass is 79.9. The van der Waals surface area contributed by atoms with Crippen LogP contribution in [-0.4, -0.2) is 24.7 Å². The molecular formula is C12H18BrClN2O. The van der Waals surface area contributed by atoms with Crippen LogP contribution in [-0.2, 0) is 10.3 Å². The van der Waals surface area contributed by atoms with Crippen molar-refractivity contribution < 1.29 is 4.74 Å². The lowest BCUT2D eigenvalue weighted by atomic mass is 9.85. The van der Waals surface area contributed by atoms with E-state index in [4.69, 9.17) is 4.74 Å². The second-order valence-corrected chi connectivity index (χ2v) is 4.86. The molecule has 0 bridgehead atoms. The van der Waals surface area contributed by atoms with E-state index in [-0.39, 0.29) is 18.0 Å². The van der Waals surface area contributed by atoms with Gasteiger partial charge in [-0.15, -0.1) is 12.4 Å². The van der Waals surface area contributed by atoms with E-state index in [1.807, 2.05) is 12.3 Å². The Morgan fingerprint density at radius 1 is 1.41 bits per heavy atom. The summed E-state index contributed by atoms with van der Waals surface area (Å²) in [6.07, 6.45) is 3.96. The molecule has 0 saturated carbocycles. The van der Waals surface area contributed by atoms with E-state index in [1.54, 1.807) is 0 Å². The van der Waals surface area contributed by atoms with Crippen molar-refractivity contribution in [3.8, 4) is 0 Å². The topological polar surface area (TPSA) is 34.1 Å². The van der Waals surface area contributed by atoms with Crippen molar-refractivity contribution in [1.82, 2.24) is 10.3 Å². The Morgan fingerprint density at radius 2 is 2.12 bits per heavy atom. The number of nitrogens with one attached hydrogen (secondary N) is 1. The maximum absolute atomic E-state index is 6.00. The molecule has 17 heavy (non-hydrogen) atoms. The summed E-state index contributed by atoms with van der Waals surface area (Å²) in [5.41, 5.74) is 1.06. The molecule has 1 aliphatic heterocycles. The predicted molar refractivity (Wildman–Crippen MR) is 74.6 cm³/mol. The highest BCUT2D eigenvalue weighted by molar-refractivity contribution is 9.10. The number of hydrogen-bond donors (Lipinski definition) is 1. The van der Waals surface area contributed by atoms with Gasteiger partial charge < -0.3 is 10.1 Å². The number of halogens is 2. The van der Waals surface area contributed by atoms with Gasteiger partial charge in [-0.1, -0.05) is 6.07 Å². The number of pyridine rings is 1. The highest BCUT2D eigenvalue weighted by Crippen LogP contribution is 2.34. The number of ether oxygens (including phenoxy) is 1. The largest absolute Gasteiger partial charge is 0.370 e. The van der Waals surface area contributed by atoms with Gasteiger partial charge in [0, 0.05) is 18.4 Å². The maximum Gasteiger partial charge on any atom is 0.106 e. The van der Waals surface area contributed by atoms with Gasteiger partial charge in [-0.25, -0.2) is 4.98 Å². The number of rotatable bonds is 3. The van der Waals surface area contributed by atoms with Crippen LogP contribution < -0.4 is 5.32 Å². The SMILES string of the molecule is CCOC1(c2ccc(Br)nc2)CCNCC1.Cl. The monoisotopic (exact) mass is 320 g/mol. The fraction of sp³-hybridized carbons (Fsp3) is 0.583. The molecule has 0 atom stereocenters. The lowest BCUT2D eigenvalue weighted by molar-refractivity contribution is -0.0658. The van der Waals surface area contributed by atoms with E-state index >= 15 is 0 Å². The molecule has 2 heterocycles. The third-order valence-corrected chi connectivity index (χ3v) is 3.55. The number of aromatic nitrogens is 1. The van der Waals surface area contributed by atoms with Crippen molar-refractivity contribution in [2.24, 2.45) is 0 Å². The summed E-state index contributed by atoms with van der Waals surface area (Å²) >= 11 is 3.36. The summed E-state index contributed by atoms with van der Waals surface area (Å²) in [4.78, 5) is 4.30. The van der Waals surface area contributed by atoms with Gasteiger partial charge in [0.05, 0.1) is 5.60 Å². The second kappa shape index (κ2) is 6.69. The highest BCUT2D eigenvalue weighted by Gasteiger charge is 2.34. The van der Waals surface area contributed by atoms with Crippen LogP contribution in [0.1, 0.15) is 25.3 Å². The molecule has 3 nitrogen and oxygen atoms in total. The maximum atomic E-state index is 6.00. The van der Waals surface area contributed by atoms with Crippen LogP contribution in [0.2, 0.25) is 0 Å². The van der Waals surface area contributed by atoms with E-state index in [9.17, 15) is 0 Å². The lowest BCUT2D eigenvalue weighted by Gasteiger charge is -2.37. The standard InChI is InChI=1S/C12H17BrN2O.ClH/c1-2-16-12(5-7-14-8-6-12)10-3-4-11(13)15-9-10;/h3-4,9,14H,2,5-8H2,1H3;1H. The van der Waals surface area contributed by atoms with E-state index in [2.05, 4.69) is 39.2 Å². The van der Waals surface area contributed by atoms with Crippen molar-refractivity contribution in [3.05, 3.63) is 28.5 Å². The summed E-state index contributed by atoms with van der Waals surface area (Å²) in [6.45, 7) is 4.82. The number of hydrogen-bond acceptors (Lipinski definition) is 3. The molecule has 0 radical (unpaired) electrons. The van der Waals surface area contributed by atoms with Crippen LogP contribution in [0, 0.1) is 0 Å². The molecule has 0 aromatic carbocycles. The Balaban J connectivity index is 0.00000144. The quantitative estimate of drug-likeness (QED) is 0.869. The molecule has 0 unspecified atom stereocenters. The molecule has 96 valence electrons. The zero-order valence-corrected chi connectivity index (χ0v) is 12.3. The van der Waals surface area contributed by atoms with Gasteiger partial charge in [0.2, 0.25) is 0 Å². The van der Waals surface area contributed by atoms with Gasteiger partial charge in [0.25, 0.3) is 0 Å². The Labute approximate surface area is 117 Å². The number of nitrogens with zero attached hydrogens (tertiary/aromatic N) is 1. The fourth-order valence-corrected chi connectivity index (χ4v) is 2.50. The summed E-state index contributed by atoms with van der Waals surface area (Å²) in [5.74, 6) is 0. The molecule has 1 fully saturated rings. The molecule has 1 aliphatic rings. The van der Waals surface area contributed by atoms with Gasteiger partial charge in [-0.05, 0) is 54.9 Å². The molecule has 0 aliphatic carbocycles. The third-order valence-electron chi connectivity index (χ3n) is 3.09.